The van der Waals surface area contributed by atoms with E-state index in [9.17, 15) is 4.79 Å². The molecular weight excluding hydrogens is 178 g/mol. The van der Waals surface area contributed by atoms with Crippen molar-refractivity contribution in [3.8, 4) is 0 Å². The summed E-state index contributed by atoms with van der Waals surface area (Å²) in [6, 6.07) is 0.483. The highest BCUT2D eigenvalue weighted by Crippen LogP contribution is 2.25. The summed E-state index contributed by atoms with van der Waals surface area (Å²) in [5.41, 5.74) is 0. The molecule has 1 saturated heterocycles. The average molecular weight is 197 g/mol. The zero-order valence-corrected chi connectivity index (χ0v) is 8.61. The quantitative estimate of drug-likeness (QED) is 0.712. The molecule has 0 aromatic rings. The molecular formula is C11H19NO2. The van der Waals surface area contributed by atoms with E-state index < -0.39 is 0 Å². The predicted molar refractivity (Wildman–Crippen MR) is 54.0 cm³/mol. The van der Waals surface area contributed by atoms with Gasteiger partial charge in [0.2, 0.25) is 0 Å². The van der Waals surface area contributed by atoms with Crippen LogP contribution in [0.5, 0.6) is 0 Å². The van der Waals surface area contributed by atoms with Crippen molar-refractivity contribution in [2.24, 2.45) is 5.92 Å². The Hall–Kier alpha value is -0.410. The summed E-state index contributed by atoms with van der Waals surface area (Å²) in [7, 11) is 0. The summed E-state index contributed by atoms with van der Waals surface area (Å²) >= 11 is 0. The lowest BCUT2D eigenvalue weighted by atomic mass is 9.97. The fourth-order valence-corrected chi connectivity index (χ4v) is 2.68. The number of aliphatic hydroxyl groups is 1. The van der Waals surface area contributed by atoms with Gasteiger partial charge in [-0.3, -0.25) is 9.69 Å². The van der Waals surface area contributed by atoms with Crippen molar-refractivity contribution in [3.63, 3.8) is 0 Å². The molecule has 1 aliphatic heterocycles. The van der Waals surface area contributed by atoms with E-state index in [1.165, 1.54) is 6.42 Å². The van der Waals surface area contributed by atoms with Gasteiger partial charge in [-0.1, -0.05) is 0 Å². The van der Waals surface area contributed by atoms with E-state index in [2.05, 4.69) is 4.90 Å². The van der Waals surface area contributed by atoms with Gasteiger partial charge in [-0.15, -0.1) is 0 Å². The zero-order chi connectivity index (χ0) is 9.97. The van der Waals surface area contributed by atoms with Gasteiger partial charge in [0.15, 0.2) is 0 Å². The molecule has 3 nitrogen and oxygen atoms in total. The number of nitrogens with zero attached hydrogens (tertiary/aromatic N) is 1. The second-order valence-corrected chi connectivity index (χ2v) is 4.62. The molecule has 3 heteroatoms. The largest absolute Gasteiger partial charge is 0.396 e. The molecule has 2 atom stereocenters. The fraction of sp³-hybridized carbons (Fsp3) is 0.909. The summed E-state index contributed by atoms with van der Waals surface area (Å²) in [6.45, 7) is 2.42. The fourth-order valence-electron chi connectivity index (χ4n) is 2.68. The van der Waals surface area contributed by atoms with Gasteiger partial charge < -0.3 is 5.11 Å². The van der Waals surface area contributed by atoms with Crippen LogP contribution in [-0.4, -0.2) is 41.5 Å². The zero-order valence-electron chi connectivity index (χ0n) is 8.61. The third kappa shape index (κ3) is 2.15. The van der Waals surface area contributed by atoms with Crippen molar-refractivity contribution in [2.45, 2.75) is 38.1 Å². The Morgan fingerprint density at radius 1 is 1.43 bits per heavy atom. The second kappa shape index (κ2) is 4.41. The number of rotatable bonds is 2. The third-order valence-corrected chi connectivity index (χ3v) is 3.54. The van der Waals surface area contributed by atoms with Crippen LogP contribution >= 0.6 is 0 Å². The second-order valence-electron chi connectivity index (χ2n) is 4.62. The van der Waals surface area contributed by atoms with Crippen molar-refractivity contribution in [1.82, 2.24) is 4.90 Å². The molecule has 80 valence electrons. The maximum Gasteiger partial charge on any atom is 0.134 e. The van der Waals surface area contributed by atoms with Gasteiger partial charge in [0, 0.05) is 32.0 Å². The minimum Gasteiger partial charge on any atom is -0.396 e. The minimum absolute atomic E-state index is 0.303. The summed E-state index contributed by atoms with van der Waals surface area (Å²) < 4.78 is 0. The van der Waals surface area contributed by atoms with Crippen LogP contribution in [0, 0.1) is 5.92 Å². The standard InChI is InChI=1S/C11H19NO2/c13-8-9-2-1-5-12(7-9)10-3-4-11(14)6-10/h9-10,13H,1-8H2. The summed E-state index contributed by atoms with van der Waals surface area (Å²) in [5.74, 6) is 0.862. The van der Waals surface area contributed by atoms with Gasteiger partial charge >= 0.3 is 0 Å². The Balaban J connectivity index is 1.87. The van der Waals surface area contributed by atoms with E-state index >= 15 is 0 Å². The lowest BCUT2D eigenvalue weighted by molar-refractivity contribution is -0.117. The Bertz CT molecular complexity index is 217. The topological polar surface area (TPSA) is 40.5 Å². The number of hydrogen-bond acceptors (Lipinski definition) is 3. The number of hydrogen-bond donors (Lipinski definition) is 1. The normalized spacial score (nSPS) is 35.1. The maximum atomic E-state index is 11.2. The molecule has 0 radical (unpaired) electrons. The molecule has 1 heterocycles. The van der Waals surface area contributed by atoms with Crippen molar-refractivity contribution in [1.29, 1.82) is 0 Å². The van der Waals surface area contributed by atoms with Crippen LogP contribution in [0.4, 0.5) is 0 Å². The Morgan fingerprint density at radius 2 is 2.29 bits per heavy atom. The van der Waals surface area contributed by atoms with Crippen LogP contribution in [0.25, 0.3) is 0 Å². The first-order chi connectivity index (χ1) is 6.79. The molecule has 0 bridgehead atoms. The van der Waals surface area contributed by atoms with Gasteiger partial charge in [-0.05, 0) is 31.7 Å². The number of ketones is 1. The highest BCUT2D eigenvalue weighted by Gasteiger charge is 2.30. The minimum atomic E-state index is 0.303. The Kier molecular flexibility index (Phi) is 3.19. The van der Waals surface area contributed by atoms with Crippen molar-refractivity contribution >= 4 is 5.78 Å². The molecule has 0 aromatic heterocycles. The number of likely N-dealkylation sites (tertiary alicyclic amines) is 1. The van der Waals surface area contributed by atoms with E-state index in [1.54, 1.807) is 0 Å². The molecule has 14 heavy (non-hydrogen) atoms. The number of carbonyl (C=O) groups is 1. The molecule has 2 aliphatic rings. The van der Waals surface area contributed by atoms with E-state index in [0.29, 0.717) is 24.3 Å². The van der Waals surface area contributed by atoms with Crippen LogP contribution in [0.3, 0.4) is 0 Å². The molecule has 1 N–H and O–H groups in total. The van der Waals surface area contributed by atoms with Gasteiger partial charge in [-0.2, -0.15) is 0 Å². The van der Waals surface area contributed by atoms with Crippen molar-refractivity contribution < 1.29 is 9.90 Å². The first-order valence-electron chi connectivity index (χ1n) is 5.66. The average Bonchev–Trinajstić information content (AvgIpc) is 2.65. The molecule has 0 spiro atoms. The number of Topliss-reactive ketones (excluding diaryl/α,β-unsaturated/α-hetero) is 1. The summed E-state index contributed by atoms with van der Waals surface area (Å²) in [5, 5.41) is 9.11. The summed E-state index contributed by atoms with van der Waals surface area (Å²) in [6.07, 6.45) is 4.88. The number of piperidine rings is 1. The van der Waals surface area contributed by atoms with E-state index in [-0.39, 0.29) is 0 Å². The smallest absolute Gasteiger partial charge is 0.134 e. The molecule has 0 amide bonds. The van der Waals surface area contributed by atoms with E-state index in [0.717, 1.165) is 38.8 Å². The van der Waals surface area contributed by atoms with Crippen LogP contribution in [0.2, 0.25) is 0 Å². The summed E-state index contributed by atoms with van der Waals surface area (Å²) in [4.78, 5) is 13.6. The highest BCUT2D eigenvalue weighted by atomic mass is 16.3. The highest BCUT2D eigenvalue weighted by molar-refractivity contribution is 5.81. The molecule has 2 rings (SSSR count). The molecule has 1 saturated carbocycles. The number of carbonyl (C=O) groups excluding carboxylic acids is 1. The van der Waals surface area contributed by atoms with Crippen molar-refractivity contribution in [2.75, 3.05) is 19.7 Å². The van der Waals surface area contributed by atoms with E-state index in [4.69, 9.17) is 5.11 Å². The third-order valence-electron chi connectivity index (χ3n) is 3.54. The van der Waals surface area contributed by atoms with Gasteiger partial charge in [-0.25, -0.2) is 0 Å². The Labute approximate surface area is 85.1 Å². The predicted octanol–water partition coefficient (Wildman–Crippen LogP) is 0.812. The molecule has 1 aliphatic carbocycles. The first-order valence-corrected chi connectivity index (χ1v) is 5.66. The van der Waals surface area contributed by atoms with Gasteiger partial charge in [0.05, 0.1) is 0 Å². The molecule has 0 aromatic carbocycles. The van der Waals surface area contributed by atoms with Crippen LogP contribution in [-0.2, 0) is 4.79 Å². The monoisotopic (exact) mass is 197 g/mol. The number of aliphatic hydroxyl groups excluding tert-OH is 1. The molecule has 2 unspecified atom stereocenters. The van der Waals surface area contributed by atoms with Gasteiger partial charge in [0.1, 0.15) is 5.78 Å². The van der Waals surface area contributed by atoms with Crippen molar-refractivity contribution in [3.05, 3.63) is 0 Å². The van der Waals surface area contributed by atoms with E-state index in [1.807, 2.05) is 0 Å². The lowest BCUT2D eigenvalue weighted by Crippen LogP contribution is -2.42. The van der Waals surface area contributed by atoms with Crippen LogP contribution in [0.15, 0.2) is 0 Å². The van der Waals surface area contributed by atoms with Crippen LogP contribution < -0.4 is 0 Å². The van der Waals surface area contributed by atoms with Crippen LogP contribution in [0.1, 0.15) is 32.1 Å². The lowest BCUT2D eigenvalue weighted by Gasteiger charge is -2.35. The maximum absolute atomic E-state index is 11.2. The first kappa shape index (κ1) is 10.1. The van der Waals surface area contributed by atoms with Gasteiger partial charge in [0.25, 0.3) is 0 Å². The molecule has 2 fully saturated rings. The SMILES string of the molecule is O=C1CCC(N2CCCC(CO)C2)C1. The Morgan fingerprint density at radius 3 is 2.93 bits per heavy atom.